The molecule has 3 aliphatic rings. The number of ether oxygens (including phenoxy) is 3. The lowest BCUT2D eigenvalue weighted by Gasteiger charge is -2.44. The molecule has 3 aliphatic heterocycles. The van der Waals surface area contributed by atoms with Gasteiger partial charge < -0.3 is 29.3 Å². The van der Waals surface area contributed by atoms with Crippen molar-refractivity contribution in [1.82, 2.24) is 15.1 Å². The number of anilines is 1. The number of hydrogen-bond acceptors (Lipinski definition) is 7. The van der Waals surface area contributed by atoms with Crippen molar-refractivity contribution in [3.63, 3.8) is 0 Å². The van der Waals surface area contributed by atoms with Gasteiger partial charge in [0.2, 0.25) is 0 Å². The normalized spacial score (nSPS) is 19.8. The number of carbonyl (C=O) groups is 3. The first-order valence-electron chi connectivity index (χ1n) is 14.5. The second-order valence-corrected chi connectivity index (χ2v) is 11.1. The van der Waals surface area contributed by atoms with Crippen LogP contribution in [0.25, 0.3) is 0 Å². The Kier molecular flexibility index (Phi) is 9.45. The number of amides is 3. The third-order valence-corrected chi connectivity index (χ3v) is 8.42. The van der Waals surface area contributed by atoms with Gasteiger partial charge in [-0.15, -0.1) is 0 Å². The maximum absolute atomic E-state index is 14.3. The summed E-state index contributed by atoms with van der Waals surface area (Å²) in [5, 5.41) is 5.34. The molecule has 5 rings (SSSR count). The van der Waals surface area contributed by atoms with E-state index in [1.165, 1.54) is 37.3 Å². The van der Waals surface area contributed by atoms with Crippen LogP contribution in [0, 0.1) is 17.5 Å². The summed E-state index contributed by atoms with van der Waals surface area (Å²) in [4.78, 5) is 41.9. The molecule has 10 nitrogen and oxygen atoms in total. The van der Waals surface area contributed by atoms with Crippen LogP contribution >= 0.6 is 0 Å². The molecule has 2 aromatic carbocycles. The topological polar surface area (TPSA) is 109 Å². The second kappa shape index (κ2) is 13.3. The minimum absolute atomic E-state index is 0.0854. The van der Waals surface area contributed by atoms with Crippen molar-refractivity contribution in [2.45, 2.75) is 43.7 Å². The summed E-state index contributed by atoms with van der Waals surface area (Å²) >= 11 is 0. The molecule has 0 bridgehead atoms. The number of nitrogens with one attached hydrogen (secondary N) is 2. The summed E-state index contributed by atoms with van der Waals surface area (Å²) in [6, 6.07) is 6.08. The molecular formula is C31H35F3N4O6. The second-order valence-electron chi connectivity index (χ2n) is 11.1. The number of likely N-dealkylation sites (tertiary alicyclic amines) is 1. The number of carbonyl (C=O) groups excluding carboxylic acids is 3. The molecule has 44 heavy (non-hydrogen) atoms. The van der Waals surface area contributed by atoms with Crippen molar-refractivity contribution < 1.29 is 41.8 Å². The molecule has 1 fully saturated rings. The highest BCUT2D eigenvalue weighted by molar-refractivity contribution is 5.95. The van der Waals surface area contributed by atoms with Gasteiger partial charge in [0.15, 0.2) is 11.6 Å². The van der Waals surface area contributed by atoms with Crippen molar-refractivity contribution in [2.75, 3.05) is 52.3 Å². The van der Waals surface area contributed by atoms with Crippen LogP contribution in [0.3, 0.4) is 0 Å². The van der Waals surface area contributed by atoms with E-state index in [-0.39, 0.29) is 35.8 Å². The summed E-state index contributed by atoms with van der Waals surface area (Å²) in [6.07, 6.45) is 2.65. The van der Waals surface area contributed by atoms with E-state index in [2.05, 4.69) is 15.5 Å². The largest absolute Gasteiger partial charge is 0.466 e. The molecule has 0 radical (unpaired) electrons. The molecule has 1 atom stereocenters. The highest BCUT2D eigenvalue weighted by Gasteiger charge is 2.44. The van der Waals surface area contributed by atoms with Gasteiger partial charge in [0.1, 0.15) is 11.4 Å². The van der Waals surface area contributed by atoms with Gasteiger partial charge in [-0.2, -0.15) is 0 Å². The van der Waals surface area contributed by atoms with Gasteiger partial charge in [-0.05, 0) is 55.3 Å². The smallest absolute Gasteiger partial charge is 0.412 e. The van der Waals surface area contributed by atoms with E-state index in [0.717, 1.165) is 31.5 Å². The molecule has 0 saturated carbocycles. The van der Waals surface area contributed by atoms with Crippen molar-refractivity contribution in [1.29, 1.82) is 0 Å². The van der Waals surface area contributed by atoms with Gasteiger partial charge in [0.25, 0.3) is 0 Å². The van der Waals surface area contributed by atoms with E-state index in [1.807, 2.05) is 0 Å². The van der Waals surface area contributed by atoms with Crippen LogP contribution in [0.4, 0.5) is 28.4 Å². The van der Waals surface area contributed by atoms with Crippen LogP contribution in [0.15, 0.2) is 47.7 Å². The van der Waals surface area contributed by atoms with Crippen LogP contribution in [0.1, 0.15) is 49.3 Å². The van der Waals surface area contributed by atoms with Crippen molar-refractivity contribution in [2.24, 2.45) is 0 Å². The number of halogens is 3. The van der Waals surface area contributed by atoms with Crippen LogP contribution in [0.2, 0.25) is 0 Å². The Hall–Kier alpha value is -4.10. The SMILES string of the molecule is COCC1=C(C(=O)OC)C(c2ccc(F)c(F)c2)N(CCCCCN2CCC3(CC2)OC(=O)Nc2ccc(F)cc23)C(=O)N1. The number of urea groups is 1. The fraction of sp³-hybridized carbons (Fsp3) is 0.452. The average Bonchev–Trinajstić information content (AvgIpc) is 3.00. The summed E-state index contributed by atoms with van der Waals surface area (Å²) in [5.74, 6) is -3.24. The molecule has 0 aliphatic carbocycles. The number of unbranched alkanes of at least 4 members (excludes halogenated alkanes) is 2. The molecule has 3 amide bonds. The maximum Gasteiger partial charge on any atom is 0.412 e. The van der Waals surface area contributed by atoms with Gasteiger partial charge >= 0.3 is 18.1 Å². The van der Waals surface area contributed by atoms with Crippen LogP contribution in [0.5, 0.6) is 0 Å². The number of hydrogen-bond donors (Lipinski definition) is 2. The summed E-state index contributed by atoms with van der Waals surface area (Å²) in [7, 11) is 2.62. The van der Waals surface area contributed by atoms with Crippen LogP contribution in [-0.4, -0.2) is 74.9 Å². The fourth-order valence-electron chi connectivity index (χ4n) is 6.24. The predicted octanol–water partition coefficient (Wildman–Crippen LogP) is 4.97. The Bertz CT molecular complexity index is 1460. The van der Waals surface area contributed by atoms with Gasteiger partial charge in [0, 0.05) is 45.1 Å². The van der Waals surface area contributed by atoms with E-state index in [9.17, 15) is 27.6 Å². The van der Waals surface area contributed by atoms with Crippen LogP contribution < -0.4 is 10.6 Å². The van der Waals surface area contributed by atoms with E-state index >= 15 is 0 Å². The molecule has 2 N–H and O–H groups in total. The molecular weight excluding hydrogens is 581 g/mol. The van der Waals surface area contributed by atoms with E-state index in [4.69, 9.17) is 14.2 Å². The zero-order valence-corrected chi connectivity index (χ0v) is 24.6. The number of piperidine rings is 1. The number of benzene rings is 2. The molecule has 1 spiro atoms. The van der Waals surface area contributed by atoms with Gasteiger partial charge in [0.05, 0.1) is 36.7 Å². The zero-order chi connectivity index (χ0) is 31.4. The Morgan fingerprint density at radius 1 is 0.977 bits per heavy atom. The Morgan fingerprint density at radius 2 is 1.73 bits per heavy atom. The first kappa shape index (κ1) is 31.3. The monoisotopic (exact) mass is 616 g/mol. The van der Waals surface area contributed by atoms with E-state index in [1.54, 1.807) is 6.07 Å². The number of methoxy groups -OCH3 is 2. The number of nitrogens with zero attached hydrogens (tertiary/aromatic N) is 2. The highest BCUT2D eigenvalue weighted by atomic mass is 19.2. The Morgan fingerprint density at radius 3 is 2.43 bits per heavy atom. The van der Waals surface area contributed by atoms with Crippen molar-refractivity contribution >= 4 is 23.8 Å². The minimum atomic E-state index is -1.10. The van der Waals surface area contributed by atoms with Crippen molar-refractivity contribution in [3.8, 4) is 0 Å². The maximum atomic E-state index is 14.3. The third kappa shape index (κ3) is 6.39. The van der Waals surface area contributed by atoms with Gasteiger partial charge in [-0.3, -0.25) is 5.32 Å². The lowest BCUT2D eigenvalue weighted by atomic mass is 9.82. The quantitative estimate of drug-likeness (QED) is 0.287. The van der Waals surface area contributed by atoms with Gasteiger partial charge in [-0.1, -0.05) is 12.5 Å². The number of esters is 1. The predicted molar refractivity (Wildman–Crippen MR) is 153 cm³/mol. The van der Waals surface area contributed by atoms with E-state index in [0.29, 0.717) is 43.6 Å². The lowest BCUT2D eigenvalue weighted by molar-refractivity contribution is -0.137. The molecule has 236 valence electrons. The zero-order valence-electron chi connectivity index (χ0n) is 24.6. The molecule has 2 aromatic rings. The minimum Gasteiger partial charge on any atom is -0.466 e. The number of fused-ring (bicyclic) bond motifs is 2. The summed E-state index contributed by atoms with van der Waals surface area (Å²) in [5.41, 5.74) is 0.875. The Balaban J connectivity index is 1.21. The summed E-state index contributed by atoms with van der Waals surface area (Å²) in [6.45, 7) is 2.24. The van der Waals surface area contributed by atoms with Gasteiger partial charge in [-0.25, -0.2) is 27.6 Å². The molecule has 13 heteroatoms. The van der Waals surface area contributed by atoms with Crippen LogP contribution in [-0.2, 0) is 24.6 Å². The third-order valence-electron chi connectivity index (χ3n) is 8.42. The lowest BCUT2D eigenvalue weighted by Crippen LogP contribution is -2.50. The Labute approximate surface area is 253 Å². The molecule has 3 heterocycles. The van der Waals surface area contributed by atoms with Crippen molar-refractivity contribution in [3.05, 3.63) is 76.2 Å². The average molecular weight is 617 g/mol. The molecule has 0 aromatic heterocycles. The standard InChI is InChI=1S/C31H35F3N4O6/c1-42-18-25-26(28(39)43-2)27(19-6-8-22(33)23(34)16-19)38(29(40)35-25)13-5-3-4-12-37-14-10-31(11-15-37)21-17-20(32)7-9-24(21)36-30(41)44-31/h6-9,16-17,27H,3-5,10-15,18H2,1-2H3,(H,35,40)(H,36,41). The molecule has 1 unspecified atom stereocenters. The first-order valence-corrected chi connectivity index (χ1v) is 14.5. The highest BCUT2D eigenvalue weighted by Crippen LogP contribution is 2.44. The van der Waals surface area contributed by atoms with E-state index < -0.39 is 41.4 Å². The number of rotatable bonds is 10. The summed E-state index contributed by atoms with van der Waals surface area (Å²) < 4.78 is 57.9. The first-order chi connectivity index (χ1) is 21.2. The fourth-order valence-corrected chi connectivity index (χ4v) is 6.24. The molecule has 1 saturated heterocycles.